The molecule has 4 heteroatoms. The Morgan fingerprint density at radius 2 is 2.00 bits per heavy atom. The SMILES string of the molecule is CCN(C)C(=O)OC1(N2CCCC2)CC1. The van der Waals surface area contributed by atoms with Gasteiger partial charge in [-0.15, -0.1) is 0 Å². The molecule has 15 heavy (non-hydrogen) atoms. The average Bonchev–Trinajstić information content (AvgIpc) is 2.82. The van der Waals surface area contributed by atoms with Gasteiger partial charge in [0.25, 0.3) is 0 Å². The molecule has 1 saturated heterocycles. The van der Waals surface area contributed by atoms with Crippen LogP contribution in [0.3, 0.4) is 0 Å². The van der Waals surface area contributed by atoms with Crippen LogP contribution in [-0.4, -0.2) is 48.3 Å². The van der Waals surface area contributed by atoms with E-state index in [1.165, 1.54) is 12.8 Å². The molecule has 4 nitrogen and oxygen atoms in total. The van der Waals surface area contributed by atoms with Crippen molar-refractivity contribution in [2.75, 3.05) is 26.7 Å². The van der Waals surface area contributed by atoms with E-state index in [-0.39, 0.29) is 11.8 Å². The lowest BCUT2D eigenvalue weighted by atomic mass is 10.4. The highest BCUT2D eigenvalue weighted by Crippen LogP contribution is 2.44. The highest BCUT2D eigenvalue weighted by molar-refractivity contribution is 5.68. The van der Waals surface area contributed by atoms with Crippen LogP contribution in [0.5, 0.6) is 0 Å². The van der Waals surface area contributed by atoms with E-state index in [0.717, 1.165) is 25.9 Å². The van der Waals surface area contributed by atoms with Crippen molar-refractivity contribution in [2.24, 2.45) is 0 Å². The minimum atomic E-state index is -0.225. The third kappa shape index (κ3) is 2.09. The van der Waals surface area contributed by atoms with Crippen molar-refractivity contribution in [3.8, 4) is 0 Å². The summed E-state index contributed by atoms with van der Waals surface area (Å²) in [4.78, 5) is 15.6. The molecular formula is C11H20N2O2. The van der Waals surface area contributed by atoms with Gasteiger partial charge < -0.3 is 9.64 Å². The standard InChI is InChI=1S/C11H20N2O2/c1-3-12(2)10(14)15-11(6-7-11)13-8-4-5-9-13/h3-9H2,1-2H3. The second kappa shape index (κ2) is 4.00. The van der Waals surface area contributed by atoms with Crippen LogP contribution < -0.4 is 0 Å². The summed E-state index contributed by atoms with van der Waals surface area (Å²) in [7, 11) is 1.78. The van der Waals surface area contributed by atoms with Crippen molar-refractivity contribution in [1.82, 2.24) is 9.80 Å². The van der Waals surface area contributed by atoms with Gasteiger partial charge in [0.2, 0.25) is 0 Å². The predicted octanol–water partition coefficient (Wildman–Crippen LogP) is 1.66. The zero-order valence-corrected chi connectivity index (χ0v) is 9.66. The lowest BCUT2D eigenvalue weighted by Gasteiger charge is -2.28. The lowest BCUT2D eigenvalue weighted by Crippen LogP contribution is -2.42. The fraction of sp³-hybridized carbons (Fsp3) is 0.909. The van der Waals surface area contributed by atoms with Crippen LogP contribution in [-0.2, 0) is 4.74 Å². The van der Waals surface area contributed by atoms with Crippen molar-refractivity contribution >= 4 is 6.09 Å². The van der Waals surface area contributed by atoms with Crippen LogP contribution in [0, 0.1) is 0 Å². The van der Waals surface area contributed by atoms with Gasteiger partial charge in [-0.25, -0.2) is 4.79 Å². The summed E-state index contributed by atoms with van der Waals surface area (Å²) in [6, 6.07) is 0. The zero-order valence-electron chi connectivity index (χ0n) is 9.66. The number of rotatable bonds is 3. The van der Waals surface area contributed by atoms with Gasteiger partial charge in [0, 0.05) is 39.5 Å². The van der Waals surface area contributed by atoms with Crippen molar-refractivity contribution in [3.63, 3.8) is 0 Å². The smallest absolute Gasteiger partial charge is 0.411 e. The molecule has 1 aliphatic heterocycles. The molecule has 0 N–H and O–H groups in total. The summed E-state index contributed by atoms with van der Waals surface area (Å²) >= 11 is 0. The molecule has 0 aromatic rings. The minimum Gasteiger partial charge on any atom is -0.427 e. The number of ether oxygens (including phenoxy) is 1. The predicted molar refractivity (Wildman–Crippen MR) is 57.6 cm³/mol. The number of hydrogen-bond acceptors (Lipinski definition) is 3. The van der Waals surface area contributed by atoms with E-state index in [4.69, 9.17) is 4.74 Å². The van der Waals surface area contributed by atoms with Gasteiger partial charge in [-0.2, -0.15) is 0 Å². The highest BCUT2D eigenvalue weighted by Gasteiger charge is 2.52. The second-order valence-electron chi connectivity index (χ2n) is 4.52. The molecule has 0 unspecified atom stereocenters. The van der Waals surface area contributed by atoms with Crippen LogP contribution in [0.4, 0.5) is 4.79 Å². The molecule has 0 spiro atoms. The van der Waals surface area contributed by atoms with Gasteiger partial charge in [0.1, 0.15) is 0 Å². The number of hydrogen-bond donors (Lipinski definition) is 0. The Kier molecular flexibility index (Phi) is 2.87. The lowest BCUT2D eigenvalue weighted by molar-refractivity contribution is -0.0354. The first-order chi connectivity index (χ1) is 7.18. The molecule has 1 aliphatic carbocycles. The van der Waals surface area contributed by atoms with E-state index in [1.807, 2.05) is 6.92 Å². The molecule has 86 valence electrons. The third-order valence-corrected chi connectivity index (χ3v) is 3.42. The first kappa shape index (κ1) is 10.7. The topological polar surface area (TPSA) is 32.8 Å². The van der Waals surface area contributed by atoms with Crippen LogP contribution in [0.1, 0.15) is 32.6 Å². The van der Waals surface area contributed by atoms with Gasteiger partial charge >= 0.3 is 6.09 Å². The molecule has 2 aliphatic rings. The molecule has 0 aromatic heterocycles. The van der Waals surface area contributed by atoms with Crippen LogP contribution in [0.2, 0.25) is 0 Å². The maximum atomic E-state index is 11.7. The number of carbonyl (C=O) groups is 1. The Morgan fingerprint density at radius 3 is 2.47 bits per heavy atom. The van der Waals surface area contributed by atoms with Crippen molar-refractivity contribution in [2.45, 2.75) is 38.3 Å². The molecular weight excluding hydrogens is 192 g/mol. The van der Waals surface area contributed by atoms with E-state index in [9.17, 15) is 4.79 Å². The van der Waals surface area contributed by atoms with Gasteiger partial charge in [0.15, 0.2) is 5.72 Å². The summed E-state index contributed by atoms with van der Waals surface area (Å²) in [5, 5.41) is 0. The zero-order chi connectivity index (χ0) is 10.9. The largest absolute Gasteiger partial charge is 0.427 e. The van der Waals surface area contributed by atoms with Crippen molar-refractivity contribution in [1.29, 1.82) is 0 Å². The average molecular weight is 212 g/mol. The monoisotopic (exact) mass is 212 g/mol. The van der Waals surface area contributed by atoms with Gasteiger partial charge in [-0.3, -0.25) is 4.90 Å². The summed E-state index contributed by atoms with van der Waals surface area (Å²) in [5.74, 6) is 0. The first-order valence-corrected chi connectivity index (χ1v) is 5.87. The van der Waals surface area contributed by atoms with E-state index in [0.29, 0.717) is 6.54 Å². The first-order valence-electron chi connectivity index (χ1n) is 5.87. The molecule has 0 radical (unpaired) electrons. The van der Waals surface area contributed by atoms with Crippen molar-refractivity contribution in [3.05, 3.63) is 0 Å². The summed E-state index contributed by atoms with van der Waals surface area (Å²) in [6.45, 7) is 4.83. The maximum Gasteiger partial charge on any atom is 0.411 e. The Morgan fingerprint density at radius 1 is 1.40 bits per heavy atom. The molecule has 1 heterocycles. The molecule has 0 bridgehead atoms. The molecule has 1 saturated carbocycles. The second-order valence-corrected chi connectivity index (χ2v) is 4.52. The van der Waals surface area contributed by atoms with Gasteiger partial charge in [-0.05, 0) is 19.8 Å². The van der Waals surface area contributed by atoms with Crippen LogP contribution >= 0.6 is 0 Å². The quantitative estimate of drug-likeness (QED) is 0.713. The van der Waals surface area contributed by atoms with E-state index < -0.39 is 0 Å². The number of carbonyl (C=O) groups excluding carboxylic acids is 1. The highest BCUT2D eigenvalue weighted by atomic mass is 16.6. The van der Waals surface area contributed by atoms with Gasteiger partial charge in [-0.1, -0.05) is 0 Å². The summed E-state index contributed by atoms with van der Waals surface area (Å²) in [5.41, 5.74) is -0.225. The number of amides is 1. The minimum absolute atomic E-state index is 0.179. The third-order valence-electron chi connectivity index (χ3n) is 3.42. The normalized spacial score (nSPS) is 23.9. The number of likely N-dealkylation sites (tertiary alicyclic amines) is 1. The Balaban J connectivity index is 1.90. The van der Waals surface area contributed by atoms with E-state index in [1.54, 1.807) is 11.9 Å². The van der Waals surface area contributed by atoms with E-state index >= 15 is 0 Å². The molecule has 2 fully saturated rings. The Labute approximate surface area is 91.2 Å². The summed E-state index contributed by atoms with van der Waals surface area (Å²) < 4.78 is 5.60. The maximum absolute atomic E-state index is 11.7. The molecule has 0 aromatic carbocycles. The van der Waals surface area contributed by atoms with E-state index in [2.05, 4.69) is 4.90 Å². The Bertz CT molecular complexity index is 245. The van der Waals surface area contributed by atoms with Crippen LogP contribution in [0.25, 0.3) is 0 Å². The van der Waals surface area contributed by atoms with Gasteiger partial charge in [0.05, 0.1) is 0 Å². The van der Waals surface area contributed by atoms with Crippen LogP contribution in [0.15, 0.2) is 0 Å². The molecule has 1 amide bonds. The van der Waals surface area contributed by atoms with Crippen molar-refractivity contribution < 1.29 is 9.53 Å². The fourth-order valence-corrected chi connectivity index (χ4v) is 2.08. The Hall–Kier alpha value is -0.770. The molecule has 0 atom stereocenters. The summed E-state index contributed by atoms with van der Waals surface area (Å²) in [6.07, 6.45) is 4.32. The number of nitrogens with zero attached hydrogens (tertiary/aromatic N) is 2. The fourth-order valence-electron chi connectivity index (χ4n) is 2.08. The molecule has 2 rings (SSSR count).